The Labute approximate surface area is 202 Å². The highest BCUT2D eigenvalue weighted by Crippen LogP contribution is 2.38. The number of anilines is 1. The van der Waals surface area contributed by atoms with Gasteiger partial charge in [0.1, 0.15) is 0 Å². The number of halogens is 3. The molecular weight excluding hydrogens is 457 g/mol. The molecule has 5 nitrogen and oxygen atoms in total. The highest BCUT2D eigenvalue weighted by atomic mass is 19.4. The van der Waals surface area contributed by atoms with Gasteiger partial charge in [-0.3, -0.25) is 0 Å². The van der Waals surface area contributed by atoms with Crippen LogP contribution in [0.4, 0.5) is 23.7 Å². The molecular formula is C27H27F3N2O3. The second-order valence-electron chi connectivity index (χ2n) is 8.40. The van der Waals surface area contributed by atoms with Gasteiger partial charge in [0.15, 0.2) is 11.5 Å². The standard InChI is InChI=1S/C27H27F3N2O3/c1-34-24-15-14-18(16-25(24)35-2)17-32(23-13-7-9-19-8-3-4-10-20(19)23)26(33)31-22-12-6-5-11-21(22)27(28,29)30/h3-6,8,10-12,14-16,23H,7,9,13,17H2,1-2H3,(H,31,33). The Balaban J connectivity index is 1.71. The summed E-state index contributed by atoms with van der Waals surface area (Å²) < 4.78 is 51.4. The van der Waals surface area contributed by atoms with Crippen LogP contribution in [0.25, 0.3) is 0 Å². The third-order valence-electron chi connectivity index (χ3n) is 6.25. The molecule has 35 heavy (non-hydrogen) atoms. The monoisotopic (exact) mass is 484 g/mol. The van der Waals surface area contributed by atoms with Crippen LogP contribution in [-0.4, -0.2) is 25.2 Å². The van der Waals surface area contributed by atoms with Gasteiger partial charge in [-0.25, -0.2) is 4.79 Å². The van der Waals surface area contributed by atoms with E-state index in [0.717, 1.165) is 35.6 Å². The zero-order chi connectivity index (χ0) is 25.0. The van der Waals surface area contributed by atoms with Crippen molar-refractivity contribution in [2.45, 2.75) is 38.0 Å². The summed E-state index contributed by atoms with van der Waals surface area (Å²) in [6, 6.07) is 17.4. The van der Waals surface area contributed by atoms with Crippen molar-refractivity contribution in [2.24, 2.45) is 0 Å². The molecule has 4 rings (SSSR count). The van der Waals surface area contributed by atoms with E-state index in [1.807, 2.05) is 30.3 Å². The molecule has 3 aromatic carbocycles. The maximum absolute atomic E-state index is 13.6. The van der Waals surface area contributed by atoms with Gasteiger partial charge in [0.25, 0.3) is 0 Å². The number of methoxy groups -OCH3 is 2. The summed E-state index contributed by atoms with van der Waals surface area (Å²) in [6.07, 6.45) is -2.11. The average molecular weight is 485 g/mol. The maximum Gasteiger partial charge on any atom is 0.418 e. The van der Waals surface area contributed by atoms with E-state index in [-0.39, 0.29) is 18.3 Å². The first kappa shape index (κ1) is 24.4. The fourth-order valence-corrected chi connectivity index (χ4v) is 4.58. The molecule has 0 saturated heterocycles. The third-order valence-corrected chi connectivity index (χ3v) is 6.25. The molecule has 0 radical (unpaired) electrons. The second-order valence-corrected chi connectivity index (χ2v) is 8.40. The molecule has 0 fully saturated rings. The quantitative estimate of drug-likeness (QED) is 0.417. The number of urea groups is 1. The lowest BCUT2D eigenvalue weighted by Crippen LogP contribution is -2.39. The van der Waals surface area contributed by atoms with Crippen LogP contribution < -0.4 is 14.8 Å². The largest absolute Gasteiger partial charge is 0.493 e. The number of fused-ring (bicyclic) bond motifs is 1. The van der Waals surface area contributed by atoms with Gasteiger partial charge in [-0.15, -0.1) is 0 Å². The van der Waals surface area contributed by atoms with Crippen molar-refractivity contribution in [2.75, 3.05) is 19.5 Å². The SMILES string of the molecule is COc1ccc(CN(C(=O)Nc2ccccc2C(F)(F)F)C2CCCc3ccccc32)cc1OC. The summed E-state index contributed by atoms with van der Waals surface area (Å²) in [6.45, 7) is 0.180. The number of amides is 2. The lowest BCUT2D eigenvalue weighted by atomic mass is 9.86. The number of nitrogens with one attached hydrogen (secondary N) is 1. The molecule has 1 aliphatic carbocycles. The summed E-state index contributed by atoms with van der Waals surface area (Å²) in [5, 5.41) is 2.53. The van der Waals surface area contributed by atoms with Crippen LogP contribution in [0.5, 0.6) is 11.5 Å². The van der Waals surface area contributed by atoms with E-state index in [9.17, 15) is 18.0 Å². The van der Waals surface area contributed by atoms with Gasteiger partial charge in [-0.2, -0.15) is 13.2 Å². The molecule has 2 amide bonds. The van der Waals surface area contributed by atoms with Crippen molar-refractivity contribution < 1.29 is 27.4 Å². The number of carbonyl (C=O) groups excluding carboxylic acids is 1. The topological polar surface area (TPSA) is 50.8 Å². The van der Waals surface area contributed by atoms with Gasteiger partial charge in [-0.05, 0) is 60.2 Å². The van der Waals surface area contributed by atoms with Crippen LogP contribution in [0, 0.1) is 0 Å². The molecule has 8 heteroatoms. The van der Waals surface area contributed by atoms with Gasteiger partial charge in [0, 0.05) is 6.54 Å². The number of benzene rings is 3. The Morgan fingerprint density at radius 1 is 1.00 bits per heavy atom. The van der Waals surface area contributed by atoms with Crippen LogP contribution >= 0.6 is 0 Å². The van der Waals surface area contributed by atoms with Crippen LogP contribution in [0.2, 0.25) is 0 Å². The van der Waals surface area contributed by atoms with E-state index >= 15 is 0 Å². The summed E-state index contributed by atoms with van der Waals surface area (Å²) in [5.74, 6) is 1.06. The first-order chi connectivity index (χ1) is 16.8. The van der Waals surface area contributed by atoms with Crippen molar-refractivity contribution >= 4 is 11.7 Å². The molecule has 184 valence electrons. The minimum Gasteiger partial charge on any atom is -0.493 e. The number of alkyl halides is 3. The van der Waals surface area contributed by atoms with Gasteiger partial charge < -0.3 is 19.7 Å². The van der Waals surface area contributed by atoms with Crippen LogP contribution in [-0.2, 0) is 19.1 Å². The number of hydrogen-bond donors (Lipinski definition) is 1. The molecule has 1 unspecified atom stereocenters. The molecule has 0 spiro atoms. The third kappa shape index (κ3) is 5.37. The fraction of sp³-hybridized carbons (Fsp3) is 0.296. The van der Waals surface area contributed by atoms with Crippen molar-refractivity contribution in [1.82, 2.24) is 4.90 Å². The molecule has 0 bridgehead atoms. The fourth-order valence-electron chi connectivity index (χ4n) is 4.58. The predicted octanol–water partition coefficient (Wildman–Crippen LogP) is 6.83. The van der Waals surface area contributed by atoms with Crippen LogP contribution in [0.3, 0.4) is 0 Å². The summed E-state index contributed by atoms with van der Waals surface area (Å²) in [7, 11) is 3.06. The predicted molar refractivity (Wildman–Crippen MR) is 128 cm³/mol. The molecule has 1 N–H and O–H groups in total. The van der Waals surface area contributed by atoms with Crippen LogP contribution in [0.15, 0.2) is 66.7 Å². The number of carbonyl (C=O) groups is 1. The molecule has 1 atom stereocenters. The Morgan fingerprint density at radius 3 is 2.46 bits per heavy atom. The number of hydrogen-bond acceptors (Lipinski definition) is 3. The zero-order valence-corrected chi connectivity index (χ0v) is 19.6. The van der Waals surface area contributed by atoms with Crippen molar-refractivity contribution in [1.29, 1.82) is 0 Å². The number of para-hydroxylation sites is 1. The van der Waals surface area contributed by atoms with E-state index in [2.05, 4.69) is 5.32 Å². The van der Waals surface area contributed by atoms with E-state index in [1.54, 1.807) is 17.0 Å². The molecule has 0 heterocycles. The minimum atomic E-state index is -4.59. The number of aryl methyl sites for hydroxylation is 1. The lowest BCUT2D eigenvalue weighted by molar-refractivity contribution is -0.136. The Morgan fingerprint density at radius 2 is 1.71 bits per heavy atom. The summed E-state index contributed by atoms with van der Waals surface area (Å²) >= 11 is 0. The Kier molecular flexibility index (Phi) is 7.19. The summed E-state index contributed by atoms with van der Waals surface area (Å²) in [5.41, 5.74) is 1.77. The first-order valence-electron chi connectivity index (χ1n) is 11.3. The lowest BCUT2D eigenvalue weighted by Gasteiger charge is -2.36. The Hall–Kier alpha value is -3.68. The van der Waals surface area contributed by atoms with Gasteiger partial charge in [-0.1, -0.05) is 42.5 Å². The highest BCUT2D eigenvalue weighted by molar-refractivity contribution is 5.90. The Bertz CT molecular complexity index is 1200. The van der Waals surface area contributed by atoms with E-state index in [0.29, 0.717) is 17.9 Å². The van der Waals surface area contributed by atoms with E-state index in [1.165, 1.54) is 32.4 Å². The van der Waals surface area contributed by atoms with Gasteiger partial charge >= 0.3 is 12.2 Å². The summed E-state index contributed by atoms with van der Waals surface area (Å²) in [4.78, 5) is 15.2. The molecule has 0 saturated carbocycles. The molecule has 0 aliphatic heterocycles. The van der Waals surface area contributed by atoms with E-state index < -0.39 is 17.8 Å². The van der Waals surface area contributed by atoms with Crippen molar-refractivity contribution in [3.8, 4) is 11.5 Å². The minimum absolute atomic E-state index is 0.180. The smallest absolute Gasteiger partial charge is 0.418 e. The van der Waals surface area contributed by atoms with Gasteiger partial charge in [0.05, 0.1) is 31.5 Å². The average Bonchev–Trinajstić information content (AvgIpc) is 2.86. The van der Waals surface area contributed by atoms with E-state index in [4.69, 9.17) is 9.47 Å². The van der Waals surface area contributed by atoms with Gasteiger partial charge in [0.2, 0.25) is 0 Å². The molecule has 1 aliphatic rings. The van der Waals surface area contributed by atoms with Crippen molar-refractivity contribution in [3.63, 3.8) is 0 Å². The number of nitrogens with zero attached hydrogens (tertiary/aromatic N) is 1. The molecule has 3 aromatic rings. The van der Waals surface area contributed by atoms with Crippen LogP contribution in [0.1, 0.15) is 41.1 Å². The second kappa shape index (κ2) is 10.3. The highest BCUT2D eigenvalue weighted by Gasteiger charge is 2.35. The van der Waals surface area contributed by atoms with Crippen molar-refractivity contribution in [3.05, 3.63) is 89.0 Å². The molecule has 0 aromatic heterocycles. The zero-order valence-electron chi connectivity index (χ0n) is 19.6. The first-order valence-corrected chi connectivity index (χ1v) is 11.3. The number of rotatable bonds is 6. The number of ether oxygens (including phenoxy) is 2. The normalized spacial score (nSPS) is 15.2. The maximum atomic E-state index is 13.6.